The zero-order valence-electron chi connectivity index (χ0n) is 15.5. The molecule has 1 saturated heterocycles. The third-order valence-corrected chi connectivity index (χ3v) is 4.72. The topological polar surface area (TPSA) is 174 Å². The summed E-state index contributed by atoms with van der Waals surface area (Å²) in [6.07, 6.45) is -7.10. The van der Waals surface area contributed by atoms with Gasteiger partial charge in [0.2, 0.25) is 6.29 Å². The van der Waals surface area contributed by atoms with E-state index in [1.165, 1.54) is 24.3 Å². The molecule has 30 heavy (non-hydrogen) atoms. The number of carboxylic acid groups (broad SMARTS) is 2. The Balaban J connectivity index is 1.82. The maximum Gasteiger partial charge on any atom is 0.335 e. The van der Waals surface area contributed by atoms with Crippen LogP contribution in [0.4, 0.5) is 0 Å². The van der Waals surface area contributed by atoms with Gasteiger partial charge in [0.15, 0.2) is 0 Å². The van der Waals surface area contributed by atoms with Gasteiger partial charge in [-0.1, -0.05) is 12.1 Å². The molecule has 1 aliphatic rings. The third kappa shape index (κ3) is 4.42. The first-order chi connectivity index (χ1) is 14.2. The molecule has 0 saturated carbocycles. The van der Waals surface area contributed by atoms with Gasteiger partial charge >= 0.3 is 11.9 Å². The molecule has 0 bridgehead atoms. The number of hydrogen-bond acceptors (Lipinski definition) is 8. The molecular weight excluding hydrogens is 400 g/mol. The first-order valence-corrected chi connectivity index (χ1v) is 8.90. The highest BCUT2D eigenvalue weighted by molar-refractivity contribution is 5.96. The minimum atomic E-state index is -1.58. The Hall–Kier alpha value is -3.02. The lowest BCUT2D eigenvalue weighted by molar-refractivity contribution is -0.277. The van der Waals surface area contributed by atoms with E-state index in [4.69, 9.17) is 9.47 Å². The number of aliphatic hydroxyl groups is 4. The zero-order valence-corrected chi connectivity index (χ0v) is 15.5. The van der Waals surface area contributed by atoms with Gasteiger partial charge in [-0.2, -0.15) is 0 Å². The fourth-order valence-corrected chi connectivity index (χ4v) is 3.07. The standard InChI is InChI=1S/C20H20O10/c21-8-14-15(22)16(23)17(24)20(30-14)29-13-3-1-9(2-4-13)10-5-11(18(25)26)7-12(6-10)19(27)28/h1-7,14-17,20-24H,8H2,(H,25,26)(H,27,28)/t14-,15-,16-,17-,20+/m1/s1. The Morgan fingerprint density at radius 1 is 0.833 bits per heavy atom. The van der Waals surface area contributed by atoms with Crippen LogP contribution in [0.2, 0.25) is 0 Å². The molecule has 1 fully saturated rings. The predicted octanol–water partition coefficient (Wildman–Crippen LogP) is -0.0713. The van der Waals surface area contributed by atoms with Crippen LogP contribution in [0.3, 0.4) is 0 Å². The summed E-state index contributed by atoms with van der Waals surface area (Å²) < 4.78 is 10.8. The van der Waals surface area contributed by atoms with Crippen molar-refractivity contribution < 1.29 is 49.7 Å². The molecule has 5 atom stereocenters. The maximum atomic E-state index is 11.3. The lowest BCUT2D eigenvalue weighted by Crippen LogP contribution is -2.60. The second-order valence-corrected chi connectivity index (χ2v) is 6.75. The van der Waals surface area contributed by atoms with Crippen LogP contribution >= 0.6 is 0 Å². The van der Waals surface area contributed by atoms with Crippen molar-refractivity contribution >= 4 is 11.9 Å². The molecule has 10 heteroatoms. The normalized spacial score (nSPS) is 26.2. The van der Waals surface area contributed by atoms with Gasteiger partial charge in [-0.15, -0.1) is 0 Å². The summed E-state index contributed by atoms with van der Waals surface area (Å²) >= 11 is 0. The number of ether oxygens (including phenoxy) is 2. The summed E-state index contributed by atoms with van der Waals surface area (Å²) in [5.41, 5.74) is 0.534. The summed E-state index contributed by atoms with van der Waals surface area (Å²) in [6.45, 7) is -0.588. The van der Waals surface area contributed by atoms with Gasteiger partial charge in [0.25, 0.3) is 0 Å². The van der Waals surface area contributed by atoms with Gasteiger partial charge in [-0.05, 0) is 41.5 Å². The van der Waals surface area contributed by atoms with Crippen molar-refractivity contribution in [3.8, 4) is 16.9 Å². The van der Waals surface area contributed by atoms with E-state index in [1.807, 2.05) is 0 Å². The van der Waals surface area contributed by atoms with Crippen LogP contribution in [-0.2, 0) is 4.74 Å². The van der Waals surface area contributed by atoms with E-state index in [0.717, 1.165) is 6.07 Å². The lowest BCUT2D eigenvalue weighted by Gasteiger charge is -2.39. The molecule has 0 unspecified atom stereocenters. The monoisotopic (exact) mass is 420 g/mol. The van der Waals surface area contributed by atoms with Crippen LogP contribution in [0.25, 0.3) is 11.1 Å². The summed E-state index contributed by atoms with van der Waals surface area (Å²) in [4.78, 5) is 22.5. The zero-order chi connectivity index (χ0) is 22.0. The molecule has 0 spiro atoms. The van der Waals surface area contributed by atoms with Crippen molar-refractivity contribution in [3.05, 3.63) is 53.6 Å². The number of aliphatic hydroxyl groups excluding tert-OH is 4. The molecular formula is C20H20O10. The van der Waals surface area contributed by atoms with Crippen molar-refractivity contribution in [2.24, 2.45) is 0 Å². The van der Waals surface area contributed by atoms with Crippen LogP contribution in [0.5, 0.6) is 5.75 Å². The molecule has 0 amide bonds. The number of aromatic carboxylic acids is 2. The van der Waals surface area contributed by atoms with Crippen LogP contribution < -0.4 is 4.74 Å². The quantitative estimate of drug-likeness (QED) is 0.371. The Labute approximate surface area is 170 Å². The molecule has 2 aromatic rings. The van der Waals surface area contributed by atoms with Gasteiger partial charge in [-0.25, -0.2) is 9.59 Å². The van der Waals surface area contributed by atoms with Gasteiger partial charge in [0.1, 0.15) is 30.2 Å². The van der Waals surface area contributed by atoms with Crippen LogP contribution in [0, 0.1) is 0 Å². The Morgan fingerprint density at radius 2 is 1.40 bits per heavy atom. The minimum absolute atomic E-state index is 0.174. The molecule has 0 aliphatic carbocycles. The third-order valence-electron chi connectivity index (χ3n) is 4.72. The van der Waals surface area contributed by atoms with Gasteiger partial charge in [0, 0.05) is 0 Å². The highest BCUT2D eigenvalue weighted by atomic mass is 16.7. The second kappa shape index (κ2) is 8.78. The van der Waals surface area contributed by atoms with Crippen molar-refractivity contribution in [1.29, 1.82) is 0 Å². The number of carboxylic acids is 2. The number of carbonyl (C=O) groups is 2. The van der Waals surface area contributed by atoms with Gasteiger partial charge in [0.05, 0.1) is 17.7 Å². The fourth-order valence-electron chi connectivity index (χ4n) is 3.07. The molecule has 0 radical (unpaired) electrons. The molecule has 1 heterocycles. The molecule has 6 N–H and O–H groups in total. The van der Waals surface area contributed by atoms with E-state index in [2.05, 4.69) is 0 Å². The number of benzene rings is 2. The SMILES string of the molecule is O=C(O)c1cc(C(=O)O)cc(-c2ccc(O[C@H]3O[C@H](CO)[C@@H](O)[C@@H](O)[C@H]3O)cc2)c1. The largest absolute Gasteiger partial charge is 0.478 e. The Kier molecular flexibility index (Phi) is 6.34. The number of rotatable bonds is 6. The van der Waals surface area contributed by atoms with Crippen LogP contribution in [-0.4, -0.2) is 79.9 Å². The molecule has 160 valence electrons. The highest BCUT2D eigenvalue weighted by Crippen LogP contribution is 2.28. The molecule has 1 aliphatic heterocycles. The van der Waals surface area contributed by atoms with E-state index in [-0.39, 0.29) is 16.9 Å². The van der Waals surface area contributed by atoms with E-state index >= 15 is 0 Å². The summed E-state index contributed by atoms with van der Waals surface area (Å²) in [5, 5.41) is 57.2. The van der Waals surface area contributed by atoms with E-state index < -0.39 is 49.3 Å². The summed E-state index contributed by atoms with van der Waals surface area (Å²) in [6, 6.07) is 9.78. The smallest absolute Gasteiger partial charge is 0.335 e. The van der Waals surface area contributed by atoms with E-state index in [0.29, 0.717) is 11.1 Å². The average Bonchev–Trinajstić information content (AvgIpc) is 2.74. The molecule has 10 nitrogen and oxygen atoms in total. The van der Waals surface area contributed by atoms with Crippen molar-refractivity contribution in [2.45, 2.75) is 30.7 Å². The summed E-state index contributed by atoms with van der Waals surface area (Å²) in [5.74, 6) is -2.31. The predicted molar refractivity (Wildman–Crippen MR) is 100 cm³/mol. The minimum Gasteiger partial charge on any atom is -0.478 e. The van der Waals surface area contributed by atoms with Gasteiger partial charge < -0.3 is 40.1 Å². The second-order valence-electron chi connectivity index (χ2n) is 6.75. The maximum absolute atomic E-state index is 11.3. The number of hydrogen-bond donors (Lipinski definition) is 6. The molecule has 3 rings (SSSR count). The highest BCUT2D eigenvalue weighted by Gasteiger charge is 2.44. The van der Waals surface area contributed by atoms with Crippen molar-refractivity contribution in [1.82, 2.24) is 0 Å². The fraction of sp³-hybridized carbons (Fsp3) is 0.300. The molecule has 2 aromatic carbocycles. The first kappa shape index (κ1) is 21.7. The van der Waals surface area contributed by atoms with Crippen molar-refractivity contribution in [3.63, 3.8) is 0 Å². The Bertz CT molecular complexity index is 891. The van der Waals surface area contributed by atoms with Crippen LogP contribution in [0.15, 0.2) is 42.5 Å². The summed E-state index contributed by atoms with van der Waals surface area (Å²) in [7, 11) is 0. The van der Waals surface area contributed by atoms with Crippen molar-refractivity contribution in [2.75, 3.05) is 6.61 Å². The van der Waals surface area contributed by atoms with Gasteiger partial charge in [-0.3, -0.25) is 0 Å². The first-order valence-electron chi connectivity index (χ1n) is 8.90. The average molecular weight is 420 g/mol. The lowest BCUT2D eigenvalue weighted by atomic mass is 9.99. The van der Waals surface area contributed by atoms with Crippen LogP contribution in [0.1, 0.15) is 20.7 Å². The molecule has 0 aromatic heterocycles. The van der Waals surface area contributed by atoms with E-state index in [1.54, 1.807) is 12.1 Å². The van der Waals surface area contributed by atoms with E-state index in [9.17, 15) is 40.2 Å². The Morgan fingerprint density at radius 3 is 1.90 bits per heavy atom.